The maximum atomic E-state index is 6.08. The van der Waals surface area contributed by atoms with Crippen LogP contribution in [0, 0.1) is 5.41 Å². The summed E-state index contributed by atoms with van der Waals surface area (Å²) in [4.78, 5) is 10.6. The molecule has 2 rings (SSSR count). The van der Waals surface area contributed by atoms with Crippen LogP contribution in [0.2, 0.25) is 5.15 Å². The molecule has 94 valence electrons. The van der Waals surface area contributed by atoms with E-state index in [1.807, 2.05) is 0 Å². The highest BCUT2D eigenvalue weighted by Crippen LogP contribution is 2.37. The molecule has 0 amide bonds. The predicted molar refractivity (Wildman–Crippen MR) is 71.5 cm³/mol. The molecule has 0 saturated heterocycles. The Bertz CT molecular complexity index is 382. The lowest BCUT2D eigenvalue weighted by atomic mass is 9.75. The molecule has 3 nitrogen and oxygen atoms in total. The maximum Gasteiger partial charge on any atom is 0.171 e. The van der Waals surface area contributed by atoms with Crippen LogP contribution in [0.4, 0.5) is 5.82 Å². The lowest BCUT2D eigenvalue weighted by Crippen LogP contribution is -2.37. The Morgan fingerprint density at radius 2 is 1.82 bits per heavy atom. The summed E-state index contributed by atoms with van der Waals surface area (Å²) >= 11 is 6.08. The molecule has 0 N–H and O–H groups in total. The van der Waals surface area contributed by atoms with E-state index in [4.69, 9.17) is 11.6 Å². The van der Waals surface area contributed by atoms with E-state index in [0.717, 1.165) is 5.82 Å². The van der Waals surface area contributed by atoms with E-state index in [-0.39, 0.29) is 0 Å². The van der Waals surface area contributed by atoms with Gasteiger partial charge in [0, 0.05) is 25.5 Å². The van der Waals surface area contributed by atoms with E-state index in [0.29, 0.717) is 16.6 Å². The van der Waals surface area contributed by atoms with E-state index in [9.17, 15) is 0 Å². The van der Waals surface area contributed by atoms with Gasteiger partial charge in [-0.05, 0) is 31.1 Å². The fourth-order valence-electron chi connectivity index (χ4n) is 2.49. The van der Waals surface area contributed by atoms with Gasteiger partial charge in [0.15, 0.2) is 11.0 Å². The van der Waals surface area contributed by atoms with Gasteiger partial charge < -0.3 is 4.90 Å². The predicted octanol–water partition coefficient (Wildman–Crippen LogP) is 3.54. The number of nitrogens with zero attached hydrogens (tertiary/aromatic N) is 3. The van der Waals surface area contributed by atoms with E-state index in [1.54, 1.807) is 12.4 Å². The molecule has 0 bridgehead atoms. The van der Waals surface area contributed by atoms with Crippen LogP contribution in [-0.2, 0) is 0 Å². The van der Waals surface area contributed by atoms with Gasteiger partial charge in [-0.15, -0.1) is 0 Å². The molecule has 1 aromatic rings. The Hall–Kier alpha value is -0.830. The Kier molecular flexibility index (Phi) is 3.57. The van der Waals surface area contributed by atoms with Crippen molar-refractivity contribution in [3.8, 4) is 0 Å². The number of hydrogen-bond donors (Lipinski definition) is 0. The number of rotatable bonds is 2. The van der Waals surface area contributed by atoms with Crippen LogP contribution in [0.3, 0.4) is 0 Å². The molecule has 0 aromatic carbocycles. The van der Waals surface area contributed by atoms with Crippen molar-refractivity contribution in [1.29, 1.82) is 0 Å². The van der Waals surface area contributed by atoms with E-state index in [2.05, 4.69) is 35.8 Å². The molecule has 1 fully saturated rings. The molecular weight excluding hydrogens is 234 g/mol. The topological polar surface area (TPSA) is 29.0 Å². The summed E-state index contributed by atoms with van der Waals surface area (Å²) in [5.74, 6) is 0.805. The summed E-state index contributed by atoms with van der Waals surface area (Å²) in [5, 5.41) is 0.500. The van der Waals surface area contributed by atoms with Crippen LogP contribution >= 0.6 is 11.6 Å². The second-order valence-electron chi connectivity index (χ2n) is 5.68. The first kappa shape index (κ1) is 12.6. The standard InChI is InChI=1S/C13H20ClN3/c1-13(2)6-4-10(5-7-13)17(3)12-11(14)15-8-9-16-12/h8-10H,4-7H2,1-3H3. The maximum absolute atomic E-state index is 6.08. The summed E-state index contributed by atoms with van der Waals surface area (Å²) < 4.78 is 0. The van der Waals surface area contributed by atoms with Crippen LogP contribution in [-0.4, -0.2) is 23.1 Å². The van der Waals surface area contributed by atoms with Crippen molar-refractivity contribution in [3.63, 3.8) is 0 Å². The van der Waals surface area contributed by atoms with Gasteiger partial charge in [0.1, 0.15) is 0 Å². The number of anilines is 1. The minimum absolute atomic E-state index is 0.490. The highest BCUT2D eigenvalue weighted by molar-refractivity contribution is 6.31. The average molecular weight is 254 g/mol. The van der Waals surface area contributed by atoms with Crippen LogP contribution in [0.1, 0.15) is 39.5 Å². The van der Waals surface area contributed by atoms with Gasteiger partial charge in [-0.1, -0.05) is 25.4 Å². The summed E-state index contributed by atoms with van der Waals surface area (Å²) in [6, 6.07) is 0.539. The molecule has 0 spiro atoms. The highest BCUT2D eigenvalue weighted by atomic mass is 35.5. The molecule has 4 heteroatoms. The summed E-state index contributed by atoms with van der Waals surface area (Å²) in [5.41, 5.74) is 0.490. The third-order valence-corrected chi connectivity index (χ3v) is 4.09. The molecular formula is C13H20ClN3. The zero-order valence-electron chi connectivity index (χ0n) is 10.8. The second-order valence-corrected chi connectivity index (χ2v) is 6.04. The Labute approximate surface area is 108 Å². The van der Waals surface area contributed by atoms with Crippen LogP contribution in [0.5, 0.6) is 0 Å². The largest absolute Gasteiger partial charge is 0.354 e. The smallest absolute Gasteiger partial charge is 0.171 e. The van der Waals surface area contributed by atoms with E-state index >= 15 is 0 Å². The highest BCUT2D eigenvalue weighted by Gasteiger charge is 2.29. The fraction of sp³-hybridized carbons (Fsp3) is 0.692. The van der Waals surface area contributed by atoms with Crippen LogP contribution in [0.25, 0.3) is 0 Å². The first-order valence-electron chi connectivity index (χ1n) is 6.19. The summed E-state index contributed by atoms with van der Waals surface area (Å²) in [6.07, 6.45) is 8.26. The normalized spacial score (nSPS) is 20.2. The average Bonchev–Trinajstić information content (AvgIpc) is 2.29. The molecule has 0 unspecified atom stereocenters. The van der Waals surface area contributed by atoms with Crippen molar-refractivity contribution in [3.05, 3.63) is 17.5 Å². The van der Waals surface area contributed by atoms with Crippen molar-refractivity contribution < 1.29 is 0 Å². The number of aromatic nitrogens is 2. The minimum atomic E-state index is 0.490. The fourth-order valence-corrected chi connectivity index (χ4v) is 2.73. The van der Waals surface area contributed by atoms with Crippen molar-refractivity contribution in [2.45, 2.75) is 45.6 Å². The van der Waals surface area contributed by atoms with E-state index in [1.165, 1.54) is 25.7 Å². The SMILES string of the molecule is CN(c1nccnc1Cl)C1CCC(C)(C)CC1. The van der Waals surface area contributed by atoms with Gasteiger partial charge in [0.25, 0.3) is 0 Å². The third kappa shape index (κ3) is 2.89. The molecule has 17 heavy (non-hydrogen) atoms. The molecule has 1 saturated carbocycles. The Morgan fingerprint density at radius 1 is 1.24 bits per heavy atom. The lowest BCUT2D eigenvalue weighted by Gasteiger charge is -2.39. The minimum Gasteiger partial charge on any atom is -0.354 e. The van der Waals surface area contributed by atoms with Crippen molar-refractivity contribution in [1.82, 2.24) is 9.97 Å². The quantitative estimate of drug-likeness (QED) is 0.807. The number of halogens is 1. The van der Waals surface area contributed by atoms with Gasteiger partial charge in [0.2, 0.25) is 0 Å². The van der Waals surface area contributed by atoms with Crippen LogP contribution in [0.15, 0.2) is 12.4 Å². The Morgan fingerprint density at radius 3 is 2.41 bits per heavy atom. The van der Waals surface area contributed by atoms with Gasteiger partial charge in [0.05, 0.1) is 0 Å². The van der Waals surface area contributed by atoms with Crippen molar-refractivity contribution in [2.24, 2.45) is 5.41 Å². The summed E-state index contributed by atoms with van der Waals surface area (Å²) in [7, 11) is 2.07. The summed E-state index contributed by atoms with van der Waals surface area (Å²) in [6.45, 7) is 4.69. The first-order valence-corrected chi connectivity index (χ1v) is 6.57. The number of hydrogen-bond acceptors (Lipinski definition) is 3. The molecule has 1 aliphatic rings. The first-order chi connectivity index (χ1) is 7.99. The molecule has 1 aromatic heterocycles. The van der Waals surface area contributed by atoms with Crippen molar-refractivity contribution >= 4 is 17.4 Å². The van der Waals surface area contributed by atoms with E-state index < -0.39 is 0 Å². The van der Waals surface area contributed by atoms with Crippen molar-refractivity contribution in [2.75, 3.05) is 11.9 Å². The third-order valence-electron chi connectivity index (χ3n) is 3.83. The van der Waals surface area contributed by atoms with Gasteiger partial charge in [-0.3, -0.25) is 0 Å². The molecule has 1 aliphatic carbocycles. The Balaban J connectivity index is 2.07. The second kappa shape index (κ2) is 4.81. The van der Waals surface area contributed by atoms with Gasteiger partial charge in [-0.2, -0.15) is 0 Å². The van der Waals surface area contributed by atoms with Crippen LogP contribution < -0.4 is 4.90 Å². The zero-order valence-corrected chi connectivity index (χ0v) is 11.5. The molecule has 0 radical (unpaired) electrons. The molecule has 1 heterocycles. The van der Waals surface area contributed by atoms with Gasteiger partial charge >= 0.3 is 0 Å². The monoisotopic (exact) mass is 253 g/mol. The lowest BCUT2D eigenvalue weighted by molar-refractivity contribution is 0.222. The van der Waals surface area contributed by atoms with Gasteiger partial charge in [-0.25, -0.2) is 9.97 Å². The molecule has 0 aliphatic heterocycles. The zero-order chi connectivity index (χ0) is 12.5. The molecule has 0 atom stereocenters.